The van der Waals surface area contributed by atoms with Crippen molar-refractivity contribution >= 4 is 0 Å². The minimum atomic E-state index is 0.608. The molecule has 0 aliphatic carbocycles. The summed E-state index contributed by atoms with van der Waals surface area (Å²) in [7, 11) is 0. The second-order valence-electron chi connectivity index (χ2n) is 2.87. The summed E-state index contributed by atoms with van der Waals surface area (Å²) in [6, 6.07) is 0.608. The predicted octanol–water partition coefficient (Wildman–Crippen LogP) is -0.126. The molecule has 0 aromatic rings. The van der Waals surface area contributed by atoms with Crippen LogP contribution in [0.1, 0.15) is 6.42 Å². The first-order chi connectivity index (χ1) is 4.36. The summed E-state index contributed by atoms with van der Waals surface area (Å²) in [6.07, 6.45) is 1.23. The molecule has 2 rings (SSSR count). The van der Waals surface area contributed by atoms with Crippen molar-refractivity contribution in [3.63, 3.8) is 0 Å². The fourth-order valence-electron chi connectivity index (χ4n) is 1.56. The lowest BCUT2D eigenvalue weighted by molar-refractivity contribution is 0.0245. The van der Waals surface area contributed by atoms with E-state index in [0.29, 0.717) is 6.04 Å². The van der Waals surface area contributed by atoms with Crippen molar-refractivity contribution in [1.29, 1.82) is 0 Å². The van der Waals surface area contributed by atoms with Crippen molar-refractivity contribution in [2.75, 3.05) is 26.2 Å². The zero-order valence-corrected chi connectivity index (χ0v) is 5.42. The van der Waals surface area contributed by atoms with Gasteiger partial charge in [0.15, 0.2) is 0 Å². The average molecular weight is 127 g/mol. The molecule has 0 spiro atoms. The van der Waals surface area contributed by atoms with Crippen LogP contribution in [0, 0.1) is 5.21 Å². The van der Waals surface area contributed by atoms with E-state index in [1.807, 2.05) is 0 Å². The molecule has 9 heavy (non-hydrogen) atoms. The summed E-state index contributed by atoms with van der Waals surface area (Å²) in [4.78, 5) is 2.38. The Labute approximate surface area is 54.8 Å². The molecule has 52 valence electrons. The van der Waals surface area contributed by atoms with Gasteiger partial charge in [-0.05, 0) is 13.0 Å². The molecule has 1 unspecified atom stereocenters. The quantitative estimate of drug-likeness (QED) is 0.454. The van der Waals surface area contributed by atoms with Crippen LogP contribution in [0.3, 0.4) is 0 Å². The highest BCUT2D eigenvalue weighted by Crippen LogP contribution is 2.20. The second kappa shape index (κ2) is 1.94. The highest BCUT2D eigenvalue weighted by Gasteiger charge is 2.30. The van der Waals surface area contributed by atoms with Crippen LogP contribution in [0.2, 0.25) is 0 Å². The maximum Gasteiger partial charge on any atom is 0.0226 e. The van der Waals surface area contributed by atoms with Gasteiger partial charge < -0.3 is 10.3 Å². The number of rotatable bonds is 0. The molecule has 3 heteroatoms. The molecular formula is C6H11N2O-. The molecule has 0 radical (unpaired) electrons. The summed E-state index contributed by atoms with van der Waals surface area (Å²) < 4.78 is 0. The summed E-state index contributed by atoms with van der Waals surface area (Å²) in [5.74, 6) is 0. The average Bonchev–Trinajstić information content (AvgIpc) is 1.78. The molecular weight excluding hydrogens is 116 g/mol. The molecule has 0 N–H and O–H groups in total. The van der Waals surface area contributed by atoms with Crippen LogP contribution < -0.4 is 0 Å². The first-order valence-corrected chi connectivity index (χ1v) is 3.52. The van der Waals surface area contributed by atoms with E-state index in [0.717, 1.165) is 19.6 Å². The zero-order valence-electron chi connectivity index (χ0n) is 5.42. The molecule has 3 nitrogen and oxygen atoms in total. The van der Waals surface area contributed by atoms with Crippen molar-refractivity contribution in [2.45, 2.75) is 12.5 Å². The zero-order chi connectivity index (χ0) is 6.27. The van der Waals surface area contributed by atoms with Gasteiger partial charge in [-0.3, -0.25) is 4.90 Å². The first-order valence-electron chi connectivity index (χ1n) is 3.52. The number of hydrogen-bond acceptors (Lipinski definition) is 3. The number of fused-ring (bicyclic) bond motifs is 1. The van der Waals surface area contributed by atoms with Crippen LogP contribution in [0.15, 0.2) is 0 Å². The van der Waals surface area contributed by atoms with Gasteiger partial charge in [-0.25, -0.2) is 0 Å². The van der Waals surface area contributed by atoms with Crippen molar-refractivity contribution < 1.29 is 0 Å². The molecule has 0 amide bonds. The molecule has 0 aromatic carbocycles. The van der Waals surface area contributed by atoms with E-state index < -0.39 is 0 Å². The van der Waals surface area contributed by atoms with Crippen molar-refractivity contribution in [3.05, 3.63) is 5.21 Å². The van der Waals surface area contributed by atoms with Crippen LogP contribution in [0.25, 0.3) is 0 Å². The lowest BCUT2D eigenvalue weighted by atomic mass is 10.0. The second-order valence-corrected chi connectivity index (χ2v) is 2.87. The summed E-state index contributed by atoms with van der Waals surface area (Å²) >= 11 is 0. The predicted molar refractivity (Wildman–Crippen MR) is 34.9 cm³/mol. The van der Waals surface area contributed by atoms with Gasteiger partial charge in [0.2, 0.25) is 0 Å². The Morgan fingerprint density at radius 2 is 2.11 bits per heavy atom. The van der Waals surface area contributed by atoms with E-state index in [1.165, 1.54) is 18.0 Å². The molecule has 0 aromatic heterocycles. The topological polar surface area (TPSA) is 29.5 Å². The molecule has 2 heterocycles. The van der Waals surface area contributed by atoms with E-state index >= 15 is 0 Å². The van der Waals surface area contributed by atoms with Crippen LogP contribution >= 0.6 is 0 Å². The summed E-state index contributed by atoms with van der Waals surface area (Å²) in [6.45, 7) is 3.68. The van der Waals surface area contributed by atoms with Gasteiger partial charge in [-0.1, -0.05) is 0 Å². The smallest absolute Gasteiger partial charge is 0.0226 e. The molecule has 2 saturated heterocycles. The summed E-state index contributed by atoms with van der Waals surface area (Å²) in [5, 5.41) is 11.9. The Morgan fingerprint density at radius 1 is 1.22 bits per heavy atom. The third-order valence-electron chi connectivity index (χ3n) is 2.32. The third-order valence-corrected chi connectivity index (χ3v) is 2.32. The van der Waals surface area contributed by atoms with Crippen molar-refractivity contribution in [2.24, 2.45) is 0 Å². The Hall–Kier alpha value is -0.120. The van der Waals surface area contributed by atoms with E-state index in [1.54, 1.807) is 0 Å². The van der Waals surface area contributed by atoms with E-state index in [2.05, 4.69) is 4.90 Å². The maximum atomic E-state index is 10.7. The third kappa shape index (κ3) is 0.852. The number of piperazine rings is 1. The molecule has 2 aliphatic rings. The van der Waals surface area contributed by atoms with Gasteiger partial charge in [0.25, 0.3) is 0 Å². The fraction of sp³-hybridized carbons (Fsp3) is 1.00. The van der Waals surface area contributed by atoms with Gasteiger partial charge in [-0.2, -0.15) is 0 Å². The van der Waals surface area contributed by atoms with Gasteiger partial charge in [0, 0.05) is 25.7 Å². The van der Waals surface area contributed by atoms with Gasteiger partial charge >= 0.3 is 0 Å². The first kappa shape index (κ1) is 5.65. The lowest BCUT2D eigenvalue weighted by Crippen LogP contribution is -2.58. The van der Waals surface area contributed by atoms with E-state index in [4.69, 9.17) is 0 Å². The van der Waals surface area contributed by atoms with Gasteiger partial charge in [0.1, 0.15) is 0 Å². The minimum absolute atomic E-state index is 0.608. The van der Waals surface area contributed by atoms with Crippen LogP contribution in [-0.2, 0) is 0 Å². The van der Waals surface area contributed by atoms with E-state index in [-0.39, 0.29) is 0 Å². The fourth-order valence-corrected chi connectivity index (χ4v) is 1.56. The standard InChI is InChI=1S/C6H11N2O/c9-8-4-3-7-2-1-6(7)5-8/h6H,1-5H2/q-1. The Balaban J connectivity index is 1.92. The van der Waals surface area contributed by atoms with E-state index in [9.17, 15) is 5.21 Å². The normalized spacial score (nSPS) is 37.7. The molecule has 1 atom stereocenters. The number of nitrogens with zero attached hydrogens (tertiary/aromatic N) is 2. The number of hydrogen-bond donors (Lipinski definition) is 0. The van der Waals surface area contributed by atoms with Crippen LogP contribution in [0.4, 0.5) is 0 Å². The Kier molecular flexibility index (Phi) is 1.22. The lowest BCUT2D eigenvalue weighted by Gasteiger charge is -2.50. The largest absolute Gasteiger partial charge is 0.785 e. The Bertz CT molecular complexity index is 118. The Morgan fingerprint density at radius 3 is 2.56 bits per heavy atom. The monoisotopic (exact) mass is 127 g/mol. The van der Waals surface area contributed by atoms with Crippen LogP contribution in [-0.4, -0.2) is 42.2 Å². The molecule has 0 saturated carbocycles. The summed E-state index contributed by atoms with van der Waals surface area (Å²) in [5.41, 5.74) is 0. The van der Waals surface area contributed by atoms with Gasteiger partial charge in [-0.15, -0.1) is 0 Å². The SMILES string of the molecule is [O-]N1CCN2CCC2C1. The minimum Gasteiger partial charge on any atom is -0.785 e. The van der Waals surface area contributed by atoms with Crippen LogP contribution in [0.5, 0.6) is 0 Å². The van der Waals surface area contributed by atoms with Gasteiger partial charge in [0.05, 0.1) is 0 Å². The highest BCUT2D eigenvalue weighted by molar-refractivity contribution is 4.89. The maximum absolute atomic E-state index is 10.7. The molecule has 2 aliphatic heterocycles. The highest BCUT2D eigenvalue weighted by atomic mass is 16.5. The number of hydroxylamine groups is 2. The van der Waals surface area contributed by atoms with Crippen molar-refractivity contribution in [1.82, 2.24) is 9.96 Å². The molecule has 2 fully saturated rings. The van der Waals surface area contributed by atoms with Crippen molar-refractivity contribution in [3.8, 4) is 0 Å². The molecule has 0 bridgehead atoms.